The number of carbonyl (C=O) groups excluding carboxylic acids is 1. The van der Waals surface area contributed by atoms with Crippen molar-refractivity contribution in [2.24, 2.45) is 0 Å². The summed E-state index contributed by atoms with van der Waals surface area (Å²) >= 11 is 0. The third-order valence-corrected chi connectivity index (χ3v) is 5.25. The Bertz CT molecular complexity index is 879. The van der Waals surface area contributed by atoms with Gasteiger partial charge < -0.3 is 14.3 Å². The van der Waals surface area contributed by atoms with E-state index in [1.54, 1.807) is 0 Å². The highest BCUT2D eigenvalue weighted by atomic mass is 16.5. The first-order chi connectivity index (χ1) is 13.9. The van der Waals surface area contributed by atoms with E-state index in [2.05, 4.69) is 18.7 Å². The van der Waals surface area contributed by atoms with Crippen LogP contribution in [0.1, 0.15) is 62.6 Å². The van der Waals surface area contributed by atoms with Gasteiger partial charge in [-0.05, 0) is 56.5 Å². The number of carbonyl (C=O) groups is 1. The molecule has 0 radical (unpaired) electrons. The van der Waals surface area contributed by atoms with Crippen molar-refractivity contribution in [2.75, 3.05) is 20.2 Å². The fraction of sp³-hybridized carbons (Fsp3) is 0.565. The highest BCUT2D eigenvalue weighted by Gasteiger charge is 2.20. The van der Waals surface area contributed by atoms with Crippen LogP contribution >= 0.6 is 0 Å². The molecule has 6 heteroatoms. The summed E-state index contributed by atoms with van der Waals surface area (Å²) < 4.78 is 10.3. The summed E-state index contributed by atoms with van der Waals surface area (Å²) in [6, 6.07) is 3.27. The molecule has 0 aliphatic rings. The van der Waals surface area contributed by atoms with E-state index < -0.39 is 5.63 Å². The van der Waals surface area contributed by atoms with Crippen molar-refractivity contribution in [3.8, 4) is 5.75 Å². The normalized spacial score (nSPS) is 11.3. The molecule has 29 heavy (non-hydrogen) atoms. The molecule has 1 N–H and O–H groups in total. The van der Waals surface area contributed by atoms with E-state index in [-0.39, 0.29) is 18.1 Å². The van der Waals surface area contributed by atoms with Crippen LogP contribution < -0.4 is 5.63 Å². The lowest BCUT2D eigenvalue weighted by molar-refractivity contribution is -0.140. The molecule has 0 saturated heterocycles. The molecular weight excluding hydrogens is 370 g/mol. The second kappa shape index (κ2) is 11.0. The largest absolute Gasteiger partial charge is 0.507 e. The molecule has 0 amide bonds. The van der Waals surface area contributed by atoms with E-state index >= 15 is 0 Å². The molecule has 0 spiro atoms. The monoisotopic (exact) mass is 403 g/mol. The van der Waals surface area contributed by atoms with Crippen LogP contribution in [0.15, 0.2) is 21.3 Å². The van der Waals surface area contributed by atoms with E-state index in [4.69, 9.17) is 9.15 Å². The Morgan fingerprint density at radius 3 is 2.41 bits per heavy atom. The Hall–Kier alpha value is -2.34. The van der Waals surface area contributed by atoms with Crippen molar-refractivity contribution in [1.29, 1.82) is 0 Å². The van der Waals surface area contributed by atoms with Gasteiger partial charge in [0.2, 0.25) is 0 Å². The average molecular weight is 404 g/mol. The first-order valence-electron chi connectivity index (χ1n) is 10.5. The minimum Gasteiger partial charge on any atom is -0.507 e. The standard InChI is InChI=1S/C23H33NO5/c1-5-7-11-24(12-8-6-2)15-19-22(27)17(9-10-20(25)28-4)14-18-16(3)13-21(26)29-23(18)19/h13-14,27H,5-12,15H2,1-4H3. The number of rotatable bonds is 11. The van der Waals surface area contributed by atoms with Crippen LogP contribution in [0.4, 0.5) is 0 Å². The Morgan fingerprint density at radius 2 is 1.83 bits per heavy atom. The molecule has 1 heterocycles. The lowest BCUT2D eigenvalue weighted by Crippen LogP contribution is -2.26. The maximum atomic E-state index is 12.0. The SMILES string of the molecule is CCCCN(CCCC)Cc1c(O)c(CCC(=O)OC)cc2c(C)cc(=O)oc12. The maximum absolute atomic E-state index is 12.0. The Morgan fingerprint density at radius 1 is 1.17 bits per heavy atom. The summed E-state index contributed by atoms with van der Waals surface area (Å²) in [6.45, 7) is 8.50. The van der Waals surface area contributed by atoms with Crippen molar-refractivity contribution in [1.82, 2.24) is 4.90 Å². The second-order valence-corrected chi connectivity index (χ2v) is 7.55. The van der Waals surface area contributed by atoms with Crippen molar-refractivity contribution in [3.05, 3.63) is 39.2 Å². The second-order valence-electron chi connectivity index (χ2n) is 7.55. The lowest BCUT2D eigenvalue weighted by atomic mass is 9.98. The zero-order chi connectivity index (χ0) is 21.4. The van der Waals surface area contributed by atoms with E-state index in [1.165, 1.54) is 13.2 Å². The molecule has 2 aromatic rings. The zero-order valence-electron chi connectivity index (χ0n) is 18.0. The fourth-order valence-electron chi connectivity index (χ4n) is 3.50. The van der Waals surface area contributed by atoms with Crippen LogP contribution in [-0.4, -0.2) is 36.2 Å². The first kappa shape index (κ1) is 22.9. The Balaban J connectivity index is 2.52. The van der Waals surface area contributed by atoms with Gasteiger partial charge in [0.25, 0.3) is 0 Å². The summed E-state index contributed by atoms with van der Waals surface area (Å²) in [5.74, 6) is -0.219. The summed E-state index contributed by atoms with van der Waals surface area (Å²) in [7, 11) is 1.35. The molecular formula is C23H33NO5. The molecule has 2 rings (SSSR count). The van der Waals surface area contributed by atoms with Crippen molar-refractivity contribution < 1.29 is 19.1 Å². The molecule has 0 unspecified atom stereocenters. The van der Waals surface area contributed by atoms with Gasteiger partial charge in [0.05, 0.1) is 12.7 Å². The highest BCUT2D eigenvalue weighted by Crippen LogP contribution is 2.34. The van der Waals surface area contributed by atoms with Gasteiger partial charge in [0.1, 0.15) is 11.3 Å². The summed E-state index contributed by atoms with van der Waals surface area (Å²) in [4.78, 5) is 25.9. The smallest absolute Gasteiger partial charge is 0.336 e. The van der Waals surface area contributed by atoms with Crippen LogP contribution in [0.25, 0.3) is 11.0 Å². The van der Waals surface area contributed by atoms with Crippen molar-refractivity contribution in [3.63, 3.8) is 0 Å². The van der Waals surface area contributed by atoms with Crippen LogP contribution in [0.2, 0.25) is 0 Å². The molecule has 0 saturated carbocycles. The maximum Gasteiger partial charge on any atom is 0.336 e. The highest BCUT2D eigenvalue weighted by molar-refractivity contribution is 5.86. The number of benzene rings is 1. The predicted octanol–water partition coefficient (Wildman–Crippen LogP) is 4.31. The summed E-state index contributed by atoms with van der Waals surface area (Å²) in [6.07, 6.45) is 4.84. The molecule has 6 nitrogen and oxygen atoms in total. The molecule has 0 atom stereocenters. The Labute approximate surface area is 172 Å². The zero-order valence-corrected chi connectivity index (χ0v) is 18.0. The average Bonchev–Trinajstić information content (AvgIpc) is 2.70. The first-order valence-corrected chi connectivity index (χ1v) is 10.5. The van der Waals surface area contributed by atoms with E-state index in [9.17, 15) is 14.7 Å². The molecule has 160 valence electrons. The van der Waals surface area contributed by atoms with E-state index in [0.717, 1.165) is 49.7 Å². The third kappa shape index (κ3) is 6.07. The summed E-state index contributed by atoms with van der Waals surface area (Å²) in [5.41, 5.74) is 2.10. The third-order valence-electron chi connectivity index (χ3n) is 5.25. The quantitative estimate of drug-likeness (QED) is 0.445. The number of unbranched alkanes of at least 4 members (excludes halogenated alkanes) is 2. The van der Waals surface area contributed by atoms with Crippen molar-refractivity contribution in [2.45, 2.75) is 65.8 Å². The molecule has 0 fully saturated rings. The molecule has 0 aliphatic heterocycles. The minimum absolute atomic E-state index is 0.105. The fourth-order valence-corrected chi connectivity index (χ4v) is 3.50. The van der Waals surface area contributed by atoms with Gasteiger partial charge in [-0.2, -0.15) is 0 Å². The van der Waals surface area contributed by atoms with Crippen LogP contribution in [0.3, 0.4) is 0 Å². The van der Waals surface area contributed by atoms with Crippen molar-refractivity contribution >= 4 is 16.9 Å². The molecule has 1 aromatic heterocycles. The number of methoxy groups -OCH3 is 1. The molecule has 1 aromatic carbocycles. The van der Waals surface area contributed by atoms with E-state index in [0.29, 0.717) is 29.7 Å². The lowest BCUT2D eigenvalue weighted by Gasteiger charge is -2.24. The van der Waals surface area contributed by atoms with Gasteiger partial charge >= 0.3 is 11.6 Å². The number of nitrogens with zero attached hydrogens (tertiary/aromatic N) is 1. The van der Waals surface area contributed by atoms with Crippen LogP contribution in [0.5, 0.6) is 5.75 Å². The van der Waals surface area contributed by atoms with Crippen LogP contribution in [-0.2, 0) is 22.5 Å². The number of fused-ring (bicyclic) bond motifs is 1. The molecule has 0 bridgehead atoms. The number of phenolic OH excluding ortho intramolecular Hbond substituents is 1. The number of aryl methyl sites for hydroxylation is 2. The number of hydrogen-bond acceptors (Lipinski definition) is 6. The minimum atomic E-state index is -0.424. The van der Waals surface area contributed by atoms with Gasteiger partial charge in [-0.15, -0.1) is 0 Å². The van der Waals surface area contributed by atoms with Gasteiger partial charge in [-0.3, -0.25) is 9.69 Å². The van der Waals surface area contributed by atoms with Gasteiger partial charge in [-0.1, -0.05) is 26.7 Å². The predicted molar refractivity (Wildman–Crippen MR) is 114 cm³/mol. The number of aromatic hydroxyl groups is 1. The number of ether oxygens (including phenoxy) is 1. The number of esters is 1. The number of hydrogen-bond donors (Lipinski definition) is 1. The Kier molecular flexibility index (Phi) is 8.70. The van der Waals surface area contributed by atoms with Gasteiger partial charge in [0.15, 0.2) is 0 Å². The number of phenols is 1. The topological polar surface area (TPSA) is 80.0 Å². The van der Waals surface area contributed by atoms with E-state index in [1.807, 2.05) is 13.0 Å². The van der Waals surface area contributed by atoms with Crippen LogP contribution in [0, 0.1) is 6.92 Å². The molecule has 0 aliphatic carbocycles. The van der Waals surface area contributed by atoms with Gasteiger partial charge in [0, 0.05) is 24.4 Å². The van der Waals surface area contributed by atoms with Gasteiger partial charge in [-0.25, -0.2) is 4.79 Å². The summed E-state index contributed by atoms with van der Waals surface area (Å²) in [5, 5.41) is 11.8.